The Morgan fingerprint density at radius 2 is 1.94 bits per heavy atom. The van der Waals surface area contributed by atoms with Crippen molar-refractivity contribution in [2.45, 2.75) is 33.6 Å². The van der Waals surface area contributed by atoms with Crippen LogP contribution in [0, 0.1) is 23.3 Å². The summed E-state index contributed by atoms with van der Waals surface area (Å²) in [6, 6.07) is 0. The second kappa shape index (κ2) is 5.83. The van der Waals surface area contributed by atoms with Crippen LogP contribution in [0.25, 0.3) is 0 Å². The predicted octanol–water partition coefficient (Wildman–Crippen LogP) is 3.98. The topological polar surface area (TPSA) is 0 Å². The van der Waals surface area contributed by atoms with E-state index in [1.54, 1.807) is 0 Å². The van der Waals surface area contributed by atoms with Gasteiger partial charge >= 0.3 is 0 Å². The zero-order valence-corrected chi connectivity index (χ0v) is 13.2. The van der Waals surface area contributed by atoms with E-state index in [9.17, 15) is 0 Å². The number of hydrogen-bond donors (Lipinski definition) is 0. The molecule has 0 atom stereocenters. The monoisotopic (exact) mass is 299 g/mol. The van der Waals surface area contributed by atoms with Gasteiger partial charge < -0.3 is 0 Å². The van der Waals surface area contributed by atoms with E-state index in [-0.39, 0.29) is 31.6 Å². The molecule has 0 aromatic heterocycles. The maximum absolute atomic E-state index is 3.37. The largest absolute Gasteiger partial charge is 0.198 e. The van der Waals surface area contributed by atoms with Gasteiger partial charge in [-0.2, -0.15) is 17.7 Å². The van der Waals surface area contributed by atoms with Gasteiger partial charge in [-0.15, -0.1) is 11.6 Å². The second-order valence-corrected chi connectivity index (χ2v) is 5.20. The van der Waals surface area contributed by atoms with Crippen LogP contribution in [0.1, 0.15) is 33.6 Å². The molecule has 0 saturated carbocycles. The molecule has 0 N–H and O–H groups in total. The molecule has 0 radical (unpaired) electrons. The van der Waals surface area contributed by atoms with E-state index in [4.69, 9.17) is 0 Å². The molecule has 1 heteroatoms. The van der Waals surface area contributed by atoms with Crippen LogP contribution in [0.4, 0.5) is 0 Å². The predicted molar refractivity (Wildman–Crippen MR) is 68.5 cm³/mol. The fraction of sp³-hybridized carbons (Fsp3) is 0.375. The fourth-order valence-electron chi connectivity index (χ4n) is 1.74. The standard InChI is InChI=1S/C16H17.Zr/c1-16(2,3)12-11-14-9-6-10-15(14)13-7-4-5-8-13;/h4,6-7,9H,5,10H2,1-3H3;/q-1;. The minimum Gasteiger partial charge on any atom is -0.198 e. The van der Waals surface area contributed by atoms with Gasteiger partial charge in [-0.3, -0.25) is 0 Å². The zero-order chi connectivity index (χ0) is 11.6. The molecule has 0 aromatic rings. The summed E-state index contributed by atoms with van der Waals surface area (Å²) in [5, 5.41) is 0. The summed E-state index contributed by atoms with van der Waals surface area (Å²) in [6.07, 6.45) is 13.9. The van der Waals surface area contributed by atoms with Crippen molar-refractivity contribution in [1.82, 2.24) is 0 Å². The van der Waals surface area contributed by atoms with Crippen LogP contribution in [0.3, 0.4) is 0 Å². The molecule has 0 aromatic carbocycles. The van der Waals surface area contributed by atoms with Gasteiger partial charge in [0.25, 0.3) is 0 Å². The van der Waals surface area contributed by atoms with Crippen LogP contribution in [-0.2, 0) is 26.2 Å². The average molecular weight is 301 g/mol. The summed E-state index contributed by atoms with van der Waals surface area (Å²) < 4.78 is 0. The molecule has 17 heavy (non-hydrogen) atoms. The van der Waals surface area contributed by atoms with Crippen LogP contribution in [0.2, 0.25) is 0 Å². The van der Waals surface area contributed by atoms with Crippen molar-refractivity contribution in [2.24, 2.45) is 5.41 Å². The molecule has 0 unspecified atom stereocenters. The molecule has 0 spiro atoms. The molecular formula is C16H17Zr-. The minimum absolute atomic E-state index is 0. The normalized spacial score (nSPS) is 17.7. The van der Waals surface area contributed by atoms with E-state index < -0.39 is 0 Å². The quantitative estimate of drug-likeness (QED) is 0.507. The Morgan fingerprint density at radius 1 is 1.18 bits per heavy atom. The molecule has 2 rings (SSSR count). The third-order valence-electron chi connectivity index (χ3n) is 2.52. The third kappa shape index (κ3) is 3.97. The SMILES string of the molecule is CC(C)(C)C#CC1=C(C2=[C-]CC=C2)CC=C1.[Zr]. The van der Waals surface area contributed by atoms with E-state index >= 15 is 0 Å². The molecule has 2 aliphatic carbocycles. The van der Waals surface area contributed by atoms with Gasteiger partial charge in [0.1, 0.15) is 0 Å². The Labute approximate surface area is 124 Å². The van der Waals surface area contributed by atoms with Gasteiger partial charge in [0.2, 0.25) is 0 Å². The molecule has 0 aliphatic heterocycles. The zero-order valence-electron chi connectivity index (χ0n) is 10.7. The van der Waals surface area contributed by atoms with Crippen molar-refractivity contribution in [3.63, 3.8) is 0 Å². The molecule has 0 bridgehead atoms. The summed E-state index contributed by atoms with van der Waals surface area (Å²) >= 11 is 0. The van der Waals surface area contributed by atoms with Gasteiger partial charge in [-0.1, -0.05) is 36.8 Å². The van der Waals surface area contributed by atoms with Crippen molar-refractivity contribution in [3.05, 3.63) is 47.1 Å². The van der Waals surface area contributed by atoms with Crippen LogP contribution in [-0.4, -0.2) is 0 Å². The Balaban J connectivity index is 0.00000144. The first-order valence-electron chi connectivity index (χ1n) is 5.77. The molecule has 86 valence electrons. The number of rotatable bonds is 1. The molecular weight excluding hydrogens is 283 g/mol. The van der Waals surface area contributed by atoms with Crippen LogP contribution >= 0.6 is 0 Å². The molecule has 0 fully saturated rings. The van der Waals surface area contributed by atoms with E-state index in [0.29, 0.717) is 0 Å². The summed E-state index contributed by atoms with van der Waals surface area (Å²) in [4.78, 5) is 0. The maximum Gasteiger partial charge on any atom is 0.0233 e. The van der Waals surface area contributed by atoms with Crippen LogP contribution in [0.15, 0.2) is 41.0 Å². The molecule has 0 amide bonds. The Kier molecular flexibility index (Phi) is 4.96. The molecule has 0 heterocycles. The number of hydrogen-bond acceptors (Lipinski definition) is 0. The van der Waals surface area contributed by atoms with E-state index in [1.807, 2.05) is 0 Å². The van der Waals surface area contributed by atoms with Gasteiger partial charge in [0.05, 0.1) is 0 Å². The smallest absolute Gasteiger partial charge is 0.0233 e. The fourth-order valence-corrected chi connectivity index (χ4v) is 1.74. The third-order valence-corrected chi connectivity index (χ3v) is 2.52. The first kappa shape index (κ1) is 14.5. The van der Waals surface area contributed by atoms with Gasteiger partial charge in [0, 0.05) is 31.6 Å². The number of allylic oxidation sites excluding steroid dienone is 8. The Morgan fingerprint density at radius 3 is 2.53 bits per heavy atom. The molecule has 2 aliphatic rings. The minimum atomic E-state index is 0. The molecule has 0 nitrogen and oxygen atoms in total. The van der Waals surface area contributed by atoms with Crippen molar-refractivity contribution in [3.8, 4) is 11.8 Å². The summed E-state index contributed by atoms with van der Waals surface area (Å²) in [7, 11) is 0. The van der Waals surface area contributed by atoms with Crippen LogP contribution in [0.5, 0.6) is 0 Å². The first-order valence-corrected chi connectivity index (χ1v) is 5.77. The maximum atomic E-state index is 3.37. The second-order valence-electron chi connectivity index (χ2n) is 5.20. The summed E-state index contributed by atoms with van der Waals surface area (Å²) in [5.41, 5.74) is 3.82. The average Bonchev–Trinajstić information content (AvgIpc) is 2.84. The molecule has 0 saturated heterocycles. The van der Waals surface area contributed by atoms with Crippen molar-refractivity contribution in [1.29, 1.82) is 0 Å². The summed E-state index contributed by atoms with van der Waals surface area (Å²) in [6.45, 7) is 6.42. The van der Waals surface area contributed by atoms with Crippen LogP contribution < -0.4 is 0 Å². The Hall–Kier alpha value is -0.597. The van der Waals surface area contributed by atoms with E-state index in [2.05, 4.69) is 63.0 Å². The first-order chi connectivity index (χ1) is 7.56. The van der Waals surface area contributed by atoms with E-state index in [1.165, 1.54) is 16.7 Å². The van der Waals surface area contributed by atoms with Gasteiger partial charge in [-0.05, 0) is 26.3 Å². The van der Waals surface area contributed by atoms with Crippen molar-refractivity contribution >= 4 is 0 Å². The Bertz CT molecular complexity index is 468. The van der Waals surface area contributed by atoms with Crippen molar-refractivity contribution in [2.75, 3.05) is 0 Å². The van der Waals surface area contributed by atoms with Crippen molar-refractivity contribution < 1.29 is 26.2 Å². The van der Waals surface area contributed by atoms with Gasteiger partial charge in [0.15, 0.2) is 0 Å². The van der Waals surface area contributed by atoms with Gasteiger partial charge in [-0.25, -0.2) is 0 Å². The van der Waals surface area contributed by atoms with E-state index in [0.717, 1.165) is 12.8 Å². The summed E-state index contributed by atoms with van der Waals surface area (Å²) in [5.74, 6) is 6.59.